The van der Waals surface area contributed by atoms with Crippen LogP contribution in [0.25, 0.3) is 0 Å². The van der Waals surface area contributed by atoms with Crippen LogP contribution in [0.5, 0.6) is 0 Å². The SMILES string of the molecule is CCN(CC)[N+](=O)NOCCCONC(=O)OC(C)F. The number of nitrogens with zero attached hydrogens (tertiary/aromatic N) is 2. The van der Waals surface area contributed by atoms with Crippen molar-refractivity contribution in [1.82, 2.24) is 16.1 Å². The molecule has 0 aromatic heterocycles. The summed E-state index contributed by atoms with van der Waals surface area (Å²) in [7, 11) is 0. The van der Waals surface area contributed by atoms with Crippen LogP contribution in [0.2, 0.25) is 0 Å². The smallest absolute Gasteiger partial charge is 0.414 e. The summed E-state index contributed by atoms with van der Waals surface area (Å²) in [5.41, 5.74) is 4.09. The van der Waals surface area contributed by atoms with Gasteiger partial charge in [0.1, 0.15) is 0 Å². The minimum Gasteiger partial charge on any atom is -0.414 e. The lowest BCUT2D eigenvalue weighted by molar-refractivity contribution is -0.788. The molecule has 0 saturated heterocycles. The summed E-state index contributed by atoms with van der Waals surface area (Å²) in [6.07, 6.45) is -2.30. The number of hydrogen-bond donors (Lipinski definition) is 2. The molecule has 0 fully saturated rings. The highest BCUT2D eigenvalue weighted by Gasteiger charge is 2.16. The molecule has 0 rings (SSSR count). The normalized spacial score (nSPS) is 11.6. The Balaban J connectivity index is 3.45. The number of alkyl halides is 1. The number of ether oxygens (including phenoxy) is 1. The summed E-state index contributed by atoms with van der Waals surface area (Å²) in [6.45, 7) is 6.18. The van der Waals surface area contributed by atoms with Gasteiger partial charge in [-0.2, -0.15) is 5.48 Å². The van der Waals surface area contributed by atoms with Crippen LogP contribution in [0.15, 0.2) is 0 Å². The fourth-order valence-electron chi connectivity index (χ4n) is 1.12. The molecule has 20 heavy (non-hydrogen) atoms. The third-order valence-electron chi connectivity index (χ3n) is 2.05. The minimum atomic E-state index is -1.70. The number of halogens is 1. The topological polar surface area (TPSA) is 92.1 Å². The van der Waals surface area contributed by atoms with Crippen LogP contribution in [0.3, 0.4) is 0 Å². The van der Waals surface area contributed by atoms with Crippen molar-refractivity contribution in [2.75, 3.05) is 26.3 Å². The second-order valence-corrected chi connectivity index (χ2v) is 3.60. The zero-order chi connectivity index (χ0) is 15.4. The largest absolute Gasteiger partial charge is 0.433 e. The summed E-state index contributed by atoms with van der Waals surface area (Å²) in [5.74, 6) is 0. The number of carbonyl (C=O) groups excluding carboxylic acids is 1. The second kappa shape index (κ2) is 11.2. The Morgan fingerprint density at radius 3 is 2.45 bits per heavy atom. The lowest BCUT2D eigenvalue weighted by Gasteiger charge is -2.09. The van der Waals surface area contributed by atoms with Crippen molar-refractivity contribution in [2.24, 2.45) is 0 Å². The molecule has 1 amide bonds. The minimum absolute atomic E-state index is 0.127. The predicted octanol–water partition coefficient (Wildman–Crippen LogP) is 0.822. The Morgan fingerprint density at radius 1 is 1.30 bits per heavy atom. The third kappa shape index (κ3) is 9.28. The van der Waals surface area contributed by atoms with Gasteiger partial charge in [0, 0.05) is 12.5 Å². The molecule has 10 heteroatoms. The van der Waals surface area contributed by atoms with Crippen LogP contribution in [-0.2, 0) is 14.4 Å². The molecule has 0 bridgehead atoms. The molecule has 118 valence electrons. The monoisotopic (exact) mass is 297 g/mol. The molecule has 0 aromatic rings. The Hall–Kier alpha value is -1.68. The van der Waals surface area contributed by atoms with E-state index in [2.05, 4.69) is 10.3 Å². The van der Waals surface area contributed by atoms with E-state index in [-0.39, 0.29) is 13.2 Å². The highest BCUT2D eigenvalue weighted by Crippen LogP contribution is 1.91. The van der Waals surface area contributed by atoms with Crippen molar-refractivity contribution < 1.29 is 28.6 Å². The van der Waals surface area contributed by atoms with Gasteiger partial charge in [-0.3, -0.25) is 4.84 Å². The van der Waals surface area contributed by atoms with Crippen LogP contribution in [0, 0.1) is 4.91 Å². The molecule has 0 aliphatic carbocycles. The van der Waals surface area contributed by atoms with E-state index in [0.717, 1.165) is 6.92 Å². The molecule has 2 N–H and O–H groups in total. The van der Waals surface area contributed by atoms with Gasteiger partial charge in [-0.25, -0.2) is 14.0 Å². The van der Waals surface area contributed by atoms with E-state index in [1.807, 2.05) is 19.3 Å². The molecular formula is C10H22FN4O5+. The van der Waals surface area contributed by atoms with E-state index in [0.29, 0.717) is 24.5 Å². The van der Waals surface area contributed by atoms with Gasteiger partial charge in [0.2, 0.25) is 6.36 Å². The summed E-state index contributed by atoms with van der Waals surface area (Å²) >= 11 is 0. The van der Waals surface area contributed by atoms with E-state index < -0.39 is 12.5 Å². The number of rotatable bonds is 11. The Bertz CT molecular complexity index is 289. The van der Waals surface area contributed by atoms with Gasteiger partial charge in [0.05, 0.1) is 31.2 Å². The highest BCUT2D eigenvalue weighted by atomic mass is 19.1. The maximum absolute atomic E-state index is 12.2. The van der Waals surface area contributed by atoms with Crippen LogP contribution in [-0.4, -0.2) is 48.7 Å². The molecule has 0 aliphatic heterocycles. The van der Waals surface area contributed by atoms with E-state index in [1.165, 1.54) is 5.01 Å². The quantitative estimate of drug-likeness (QED) is 0.331. The van der Waals surface area contributed by atoms with Crippen molar-refractivity contribution in [1.29, 1.82) is 0 Å². The maximum atomic E-state index is 12.2. The fraction of sp³-hybridized carbons (Fsp3) is 0.900. The second-order valence-electron chi connectivity index (χ2n) is 3.60. The highest BCUT2D eigenvalue weighted by molar-refractivity contribution is 5.65. The first kappa shape index (κ1) is 18.3. The Kier molecular flexibility index (Phi) is 10.2. The first-order valence-corrected chi connectivity index (χ1v) is 6.33. The van der Waals surface area contributed by atoms with Gasteiger partial charge in [0.15, 0.2) is 0 Å². The van der Waals surface area contributed by atoms with Gasteiger partial charge in [0.25, 0.3) is 4.98 Å². The average Bonchev–Trinajstić information content (AvgIpc) is 2.38. The molecule has 0 aromatic carbocycles. The molecule has 0 heterocycles. The standard InChI is InChI=1S/C10H21FN4O5/c1-4-14(5-2)15(17)13-19-8-6-7-18-12-10(16)20-9(3)11/h9H,4-8H2,1-3H3,(H-,12,13,16,17)/p+1. The van der Waals surface area contributed by atoms with Crippen molar-refractivity contribution in [3.05, 3.63) is 4.91 Å². The number of hydroxylamine groups is 1. The summed E-state index contributed by atoms with van der Waals surface area (Å²) in [6, 6.07) is 0. The number of nitrogens with one attached hydrogen (secondary N) is 2. The van der Waals surface area contributed by atoms with E-state index in [1.54, 1.807) is 0 Å². The van der Waals surface area contributed by atoms with Crippen molar-refractivity contribution in [3.63, 3.8) is 0 Å². The molecule has 1 unspecified atom stereocenters. The summed E-state index contributed by atoms with van der Waals surface area (Å²) < 4.78 is 16.3. The van der Waals surface area contributed by atoms with Gasteiger partial charge in [-0.05, 0) is 20.3 Å². The molecule has 0 aliphatic rings. The first-order valence-electron chi connectivity index (χ1n) is 6.33. The van der Waals surface area contributed by atoms with Gasteiger partial charge in [-0.1, -0.05) is 0 Å². The Labute approximate surface area is 116 Å². The average molecular weight is 297 g/mol. The van der Waals surface area contributed by atoms with Crippen molar-refractivity contribution in [3.8, 4) is 0 Å². The molecule has 0 saturated carbocycles. The van der Waals surface area contributed by atoms with Crippen LogP contribution in [0.4, 0.5) is 9.18 Å². The van der Waals surface area contributed by atoms with E-state index in [9.17, 15) is 14.1 Å². The van der Waals surface area contributed by atoms with Crippen molar-refractivity contribution >= 4 is 6.09 Å². The summed E-state index contributed by atoms with van der Waals surface area (Å²) in [5, 5.41) is 1.48. The molecule has 9 nitrogen and oxygen atoms in total. The van der Waals surface area contributed by atoms with E-state index in [4.69, 9.17) is 9.68 Å². The lowest BCUT2D eigenvalue weighted by Crippen LogP contribution is -2.42. The molecular weight excluding hydrogens is 275 g/mol. The zero-order valence-electron chi connectivity index (χ0n) is 11.9. The van der Waals surface area contributed by atoms with Crippen molar-refractivity contribution in [2.45, 2.75) is 33.5 Å². The number of nitroso groups, excluding NO2 is 1. The Morgan fingerprint density at radius 2 is 1.90 bits per heavy atom. The fourth-order valence-corrected chi connectivity index (χ4v) is 1.12. The van der Waals surface area contributed by atoms with Crippen LogP contribution < -0.4 is 11.1 Å². The first-order chi connectivity index (χ1) is 9.51. The van der Waals surface area contributed by atoms with Crippen LogP contribution in [0.1, 0.15) is 27.2 Å². The number of carbonyl (C=O) groups is 1. The molecule has 0 radical (unpaired) electrons. The maximum Gasteiger partial charge on any atom is 0.433 e. The number of hydrogen-bond acceptors (Lipinski definition) is 5. The lowest BCUT2D eigenvalue weighted by atomic mass is 10.5. The zero-order valence-corrected chi connectivity index (χ0v) is 11.9. The number of amides is 1. The molecule has 0 spiro atoms. The van der Waals surface area contributed by atoms with Gasteiger partial charge in [-0.15, -0.1) is 5.01 Å². The predicted molar refractivity (Wildman–Crippen MR) is 66.4 cm³/mol. The molecule has 1 atom stereocenters. The number of hydrazine groups is 2. The van der Waals surface area contributed by atoms with E-state index >= 15 is 0 Å². The van der Waals surface area contributed by atoms with Gasteiger partial charge >= 0.3 is 6.09 Å². The summed E-state index contributed by atoms with van der Waals surface area (Å²) in [4.78, 5) is 32.2. The van der Waals surface area contributed by atoms with Gasteiger partial charge < -0.3 is 4.74 Å². The third-order valence-corrected chi connectivity index (χ3v) is 2.05. The van der Waals surface area contributed by atoms with Crippen LogP contribution >= 0.6 is 0 Å².